The molecular formula is C24H25N5O5S. The molecule has 0 atom stereocenters. The fourth-order valence-electron chi connectivity index (χ4n) is 4.62. The van der Waals surface area contributed by atoms with Gasteiger partial charge in [0.1, 0.15) is 11.3 Å². The molecule has 2 aliphatic heterocycles. The van der Waals surface area contributed by atoms with E-state index in [0.29, 0.717) is 31.5 Å². The molecule has 1 aromatic heterocycles. The molecule has 0 bridgehead atoms. The van der Waals surface area contributed by atoms with Crippen molar-refractivity contribution in [3.63, 3.8) is 0 Å². The molecule has 0 unspecified atom stereocenters. The lowest BCUT2D eigenvalue weighted by Crippen LogP contribution is -2.57. The predicted molar refractivity (Wildman–Crippen MR) is 126 cm³/mol. The number of sulfone groups is 1. The van der Waals surface area contributed by atoms with E-state index in [-0.39, 0.29) is 37.4 Å². The van der Waals surface area contributed by atoms with Gasteiger partial charge in [0, 0.05) is 39.3 Å². The van der Waals surface area contributed by atoms with Crippen molar-refractivity contribution in [1.82, 2.24) is 20.1 Å². The van der Waals surface area contributed by atoms with E-state index < -0.39 is 37.2 Å². The highest BCUT2D eigenvalue weighted by atomic mass is 32.2. The maximum Gasteiger partial charge on any atom is 0.270 e. The minimum absolute atomic E-state index is 0.0673. The third-order valence-electron chi connectivity index (χ3n) is 7.13. The summed E-state index contributed by atoms with van der Waals surface area (Å²) < 4.78 is 26.4. The molecule has 2 amide bonds. The molecule has 11 heteroatoms. The second-order valence-corrected chi connectivity index (χ2v) is 11.9. The number of carbonyl (C=O) groups is 2. The minimum atomic E-state index is -3.34. The molecule has 1 aliphatic carbocycles. The van der Waals surface area contributed by atoms with E-state index in [2.05, 4.69) is 10.6 Å². The van der Waals surface area contributed by atoms with Gasteiger partial charge in [0.05, 0.1) is 21.6 Å². The number of hydrogen-bond donors (Lipinski definition) is 2. The number of hydrogen-bond acceptors (Lipinski definition) is 7. The SMILES string of the molecule is N#Cc1ccc(CNC(=O)c2ccc3n(c2=O)CCN(CC2(S(=O)(=O)C4CNC4)CC2)C3=O)cc1. The summed E-state index contributed by atoms with van der Waals surface area (Å²) in [5, 5.41) is 14.2. The smallest absolute Gasteiger partial charge is 0.270 e. The van der Waals surface area contributed by atoms with Crippen molar-refractivity contribution < 1.29 is 18.0 Å². The van der Waals surface area contributed by atoms with Gasteiger partial charge in [0.25, 0.3) is 17.4 Å². The highest BCUT2D eigenvalue weighted by Crippen LogP contribution is 2.47. The lowest BCUT2D eigenvalue weighted by Gasteiger charge is -2.36. The topological polar surface area (TPSA) is 141 Å². The number of fused-ring (bicyclic) bond motifs is 1. The van der Waals surface area contributed by atoms with Crippen LogP contribution >= 0.6 is 0 Å². The van der Waals surface area contributed by atoms with E-state index in [4.69, 9.17) is 5.26 Å². The minimum Gasteiger partial charge on any atom is -0.348 e. The van der Waals surface area contributed by atoms with E-state index in [9.17, 15) is 22.8 Å². The normalized spacial score (nSPS) is 18.8. The van der Waals surface area contributed by atoms with Crippen LogP contribution in [0.2, 0.25) is 0 Å². The van der Waals surface area contributed by atoms with Crippen molar-refractivity contribution in [1.29, 1.82) is 5.26 Å². The summed E-state index contributed by atoms with van der Waals surface area (Å²) in [4.78, 5) is 40.3. The number of amides is 2. The maximum atomic E-state index is 13.1. The average molecular weight is 496 g/mol. The molecule has 10 nitrogen and oxygen atoms in total. The molecule has 2 aromatic rings. The molecule has 2 N–H and O–H groups in total. The van der Waals surface area contributed by atoms with Gasteiger partial charge in [0.15, 0.2) is 9.84 Å². The fraction of sp³-hybridized carbons (Fsp3) is 0.417. The summed E-state index contributed by atoms with van der Waals surface area (Å²) in [6.45, 7) is 1.62. The number of carbonyl (C=O) groups excluding carboxylic acids is 2. The van der Waals surface area contributed by atoms with Crippen molar-refractivity contribution in [3.8, 4) is 6.07 Å². The Morgan fingerprint density at radius 3 is 2.43 bits per heavy atom. The quantitative estimate of drug-likeness (QED) is 0.552. The molecule has 3 aliphatic rings. The van der Waals surface area contributed by atoms with Crippen molar-refractivity contribution in [2.75, 3.05) is 26.2 Å². The second kappa shape index (κ2) is 8.62. The van der Waals surface area contributed by atoms with Gasteiger partial charge in [-0.3, -0.25) is 14.4 Å². The van der Waals surface area contributed by atoms with Crippen LogP contribution in [-0.4, -0.2) is 65.9 Å². The summed E-state index contributed by atoms with van der Waals surface area (Å²) in [6.07, 6.45) is 1.08. The van der Waals surface area contributed by atoms with Gasteiger partial charge in [-0.15, -0.1) is 0 Å². The van der Waals surface area contributed by atoms with Crippen LogP contribution in [0.15, 0.2) is 41.2 Å². The van der Waals surface area contributed by atoms with Crippen LogP contribution in [0, 0.1) is 11.3 Å². The van der Waals surface area contributed by atoms with Gasteiger partial charge in [-0.1, -0.05) is 12.1 Å². The van der Waals surface area contributed by atoms with Crippen LogP contribution in [0.3, 0.4) is 0 Å². The first-order valence-corrected chi connectivity index (χ1v) is 13.0. The van der Waals surface area contributed by atoms with Crippen molar-refractivity contribution in [2.24, 2.45) is 0 Å². The van der Waals surface area contributed by atoms with Crippen LogP contribution in [0.4, 0.5) is 0 Å². The Hall–Kier alpha value is -3.49. The van der Waals surface area contributed by atoms with Gasteiger partial charge in [-0.2, -0.15) is 5.26 Å². The third kappa shape index (κ3) is 4.02. The van der Waals surface area contributed by atoms with Crippen molar-refractivity contribution in [3.05, 3.63) is 69.1 Å². The largest absolute Gasteiger partial charge is 0.348 e. The van der Waals surface area contributed by atoms with Crippen LogP contribution in [0.25, 0.3) is 0 Å². The van der Waals surface area contributed by atoms with Gasteiger partial charge in [0.2, 0.25) is 0 Å². The molecule has 2 fully saturated rings. The van der Waals surface area contributed by atoms with E-state index in [1.165, 1.54) is 21.6 Å². The van der Waals surface area contributed by atoms with Crippen LogP contribution in [0.5, 0.6) is 0 Å². The summed E-state index contributed by atoms with van der Waals surface area (Å²) in [5.41, 5.74) is 0.827. The first-order chi connectivity index (χ1) is 16.8. The van der Waals surface area contributed by atoms with Crippen LogP contribution in [0.1, 0.15) is 44.8 Å². The molecule has 35 heavy (non-hydrogen) atoms. The Labute approximate surface area is 202 Å². The summed E-state index contributed by atoms with van der Waals surface area (Å²) in [7, 11) is -3.34. The second-order valence-electron chi connectivity index (χ2n) is 9.32. The Bertz CT molecular complexity index is 1400. The Kier molecular flexibility index (Phi) is 5.73. The first-order valence-electron chi connectivity index (χ1n) is 11.5. The molecule has 5 rings (SSSR count). The fourth-order valence-corrected chi connectivity index (χ4v) is 7.01. The molecule has 1 aromatic carbocycles. The number of pyridine rings is 1. The molecule has 3 heterocycles. The Morgan fingerprint density at radius 2 is 1.83 bits per heavy atom. The molecule has 182 valence electrons. The molecule has 0 radical (unpaired) electrons. The zero-order chi connectivity index (χ0) is 24.8. The maximum absolute atomic E-state index is 13.1. The predicted octanol–water partition coefficient (Wildman–Crippen LogP) is 0.0250. The van der Waals surface area contributed by atoms with Gasteiger partial charge in [-0.05, 0) is 42.7 Å². The van der Waals surface area contributed by atoms with Gasteiger partial charge < -0.3 is 20.1 Å². The lowest BCUT2D eigenvalue weighted by atomic mass is 10.1. The monoisotopic (exact) mass is 495 g/mol. The highest BCUT2D eigenvalue weighted by Gasteiger charge is 2.59. The molecule has 1 saturated heterocycles. The summed E-state index contributed by atoms with van der Waals surface area (Å²) in [5.74, 6) is -0.951. The first kappa shape index (κ1) is 23.3. The van der Waals surface area contributed by atoms with Gasteiger partial charge in [-0.25, -0.2) is 8.42 Å². The number of rotatable bonds is 7. The third-order valence-corrected chi connectivity index (χ3v) is 10.1. The average Bonchev–Trinajstić information content (AvgIpc) is 3.60. The van der Waals surface area contributed by atoms with Crippen molar-refractivity contribution in [2.45, 2.75) is 35.9 Å². The zero-order valence-electron chi connectivity index (χ0n) is 19.0. The molecular weight excluding hydrogens is 470 g/mol. The Balaban J connectivity index is 1.29. The van der Waals surface area contributed by atoms with E-state index in [1.807, 2.05) is 6.07 Å². The number of aromatic nitrogens is 1. The van der Waals surface area contributed by atoms with E-state index in [0.717, 1.165) is 5.56 Å². The lowest BCUT2D eigenvalue weighted by molar-refractivity contribution is 0.0694. The number of nitrogens with zero attached hydrogens (tertiary/aromatic N) is 3. The number of nitriles is 1. The molecule has 1 saturated carbocycles. The number of benzene rings is 1. The van der Waals surface area contributed by atoms with Crippen molar-refractivity contribution >= 4 is 21.7 Å². The highest BCUT2D eigenvalue weighted by molar-refractivity contribution is 7.93. The van der Waals surface area contributed by atoms with Crippen LogP contribution < -0.4 is 16.2 Å². The van der Waals surface area contributed by atoms with Gasteiger partial charge >= 0.3 is 0 Å². The molecule has 0 spiro atoms. The van der Waals surface area contributed by atoms with Crippen LogP contribution in [-0.2, 0) is 22.9 Å². The zero-order valence-corrected chi connectivity index (χ0v) is 19.8. The number of nitrogens with one attached hydrogen (secondary N) is 2. The standard InChI is InChI=1S/C24H25N5O5S/c25-11-16-1-3-17(4-2-16)12-27-21(30)19-5-6-20-23(32)28(9-10-29(20)22(19)31)15-24(7-8-24)35(33,34)18-13-26-14-18/h1-6,18,26H,7-10,12-15H2,(H,27,30). The summed E-state index contributed by atoms with van der Waals surface area (Å²) >= 11 is 0. The van der Waals surface area contributed by atoms with E-state index in [1.54, 1.807) is 24.3 Å². The Morgan fingerprint density at radius 1 is 1.11 bits per heavy atom. The summed E-state index contributed by atoms with van der Waals surface area (Å²) in [6, 6.07) is 11.6. The van der Waals surface area contributed by atoms with E-state index >= 15 is 0 Å².